The third kappa shape index (κ3) is 4.36. The maximum atomic E-state index is 11.7. The predicted octanol–water partition coefficient (Wildman–Crippen LogP) is 4.28. The summed E-state index contributed by atoms with van der Waals surface area (Å²) in [5.41, 5.74) is 1.75. The second-order valence-electron chi connectivity index (χ2n) is 4.44. The maximum absolute atomic E-state index is 11.7. The second kappa shape index (κ2) is 6.95. The molecule has 0 aliphatic carbocycles. The molecule has 0 atom stereocenters. The number of carbonyl (C=O) groups excluding carboxylic acids is 1. The molecular formula is C17H15ClO3. The summed E-state index contributed by atoms with van der Waals surface area (Å²) in [5.74, 6) is 0.806. The predicted molar refractivity (Wildman–Crippen MR) is 83.9 cm³/mol. The van der Waals surface area contributed by atoms with Gasteiger partial charge in [0, 0.05) is 11.1 Å². The number of benzene rings is 2. The summed E-state index contributed by atoms with van der Waals surface area (Å²) in [5, 5.41) is 0.642. The van der Waals surface area contributed by atoms with Crippen molar-refractivity contribution in [3.8, 4) is 11.5 Å². The number of aryl methyl sites for hydroxylation is 1. The van der Waals surface area contributed by atoms with E-state index in [-0.39, 0.29) is 0 Å². The second-order valence-corrected chi connectivity index (χ2v) is 4.85. The molecule has 2 aromatic carbocycles. The molecule has 0 aromatic heterocycles. The minimum atomic E-state index is -0.437. The van der Waals surface area contributed by atoms with Crippen molar-refractivity contribution in [1.82, 2.24) is 0 Å². The van der Waals surface area contributed by atoms with E-state index in [2.05, 4.69) is 0 Å². The molecule has 0 radical (unpaired) electrons. The van der Waals surface area contributed by atoms with Gasteiger partial charge in [0.15, 0.2) is 0 Å². The molecule has 4 heteroatoms. The Kier molecular flexibility index (Phi) is 5.01. The zero-order chi connectivity index (χ0) is 15.2. The highest BCUT2D eigenvalue weighted by molar-refractivity contribution is 6.31. The van der Waals surface area contributed by atoms with Crippen LogP contribution in [0.2, 0.25) is 5.02 Å². The highest BCUT2D eigenvalue weighted by Crippen LogP contribution is 2.21. The first kappa shape index (κ1) is 15.1. The molecule has 2 rings (SSSR count). The molecule has 21 heavy (non-hydrogen) atoms. The Hall–Kier alpha value is -2.26. The van der Waals surface area contributed by atoms with Crippen LogP contribution in [0.3, 0.4) is 0 Å². The minimum absolute atomic E-state index is 0.437. The van der Waals surface area contributed by atoms with Gasteiger partial charge in [-0.15, -0.1) is 0 Å². The lowest BCUT2D eigenvalue weighted by Crippen LogP contribution is -2.03. The smallest absolute Gasteiger partial charge is 0.336 e. The van der Waals surface area contributed by atoms with E-state index in [0.717, 1.165) is 16.9 Å². The first-order chi connectivity index (χ1) is 10.1. The molecular weight excluding hydrogens is 288 g/mol. The van der Waals surface area contributed by atoms with Crippen molar-refractivity contribution in [2.24, 2.45) is 0 Å². The average Bonchev–Trinajstić information content (AvgIpc) is 2.49. The van der Waals surface area contributed by atoms with Gasteiger partial charge < -0.3 is 9.47 Å². The van der Waals surface area contributed by atoms with Gasteiger partial charge in [-0.2, -0.15) is 0 Å². The SMILES string of the molecule is COc1ccc(/C=C/C(=O)Oc2ccc(Cl)c(C)c2)cc1. The molecule has 0 saturated carbocycles. The lowest BCUT2D eigenvalue weighted by molar-refractivity contribution is -0.128. The largest absolute Gasteiger partial charge is 0.497 e. The average molecular weight is 303 g/mol. The van der Waals surface area contributed by atoms with Gasteiger partial charge in [0.2, 0.25) is 0 Å². The van der Waals surface area contributed by atoms with Gasteiger partial charge in [0.1, 0.15) is 11.5 Å². The van der Waals surface area contributed by atoms with Crippen LogP contribution in [0.4, 0.5) is 0 Å². The van der Waals surface area contributed by atoms with Crippen LogP contribution in [0.1, 0.15) is 11.1 Å². The number of methoxy groups -OCH3 is 1. The summed E-state index contributed by atoms with van der Waals surface area (Å²) < 4.78 is 10.3. The Balaban J connectivity index is 1.99. The summed E-state index contributed by atoms with van der Waals surface area (Å²) in [6.45, 7) is 1.85. The molecule has 0 amide bonds. The van der Waals surface area contributed by atoms with E-state index < -0.39 is 5.97 Å². The highest BCUT2D eigenvalue weighted by atomic mass is 35.5. The van der Waals surface area contributed by atoms with E-state index >= 15 is 0 Å². The Labute approximate surface area is 128 Å². The van der Waals surface area contributed by atoms with Gasteiger partial charge in [0.05, 0.1) is 7.11 Å². The van der Waals surface area contributed by atoms with Gasteiger partial charge >= 0.3 is 5.97 Å². The zero-order valence-corrected chi connectivity index (χ0v) is 12.6. The monoisotopic (exact) mass is 302 g/mol. The molecule has 3 nitrogen and oxygen atoms in total. The first-order valence-corrected chi connectivity index (χ1v) is 6.76. The van der Waals surface area contributed by atoms with Crippen molar-refractivity contribution in [1.29, 1.82) is 0 Å². The molecule has 2 aromatic rings. The highest BCUT2D eigenvalue weighted by Gasteiger charge is 2.03. The van der Waals surface area contributed by atoms with E-state index in [0.29, 0.717) is 10.8 Å². The van der Waals surface area contributed by atoms with Gasteiger partial charge in [-0.1, -0.05) is 23.7 Å². The van der Waals surface area contributed by atoms with Crippen molar-refractivity contribution < 1.29 is 14.3 Å². The van der Waals surface area contributed by atoms with E-state index in [1.165, 1.54) is 6.08 Å². The Morgan fingerprint density at radius 2 is 1.76 bits per heavy atom. The van der Waals surface area contributed by atoms with E-state index in [4.69, 9.17) is 21.1 Å². The molecule has 0 saturated heterocycles. The number of carbonyl (C=O) groups is 1. The Morgan fingerprint density at radius 1 is 1.10 bits per heavy atom. The minimum Gasteiger partial charge on any atom is -0.497 e. The maximum Gasteiger partial charge on any atom is 0.336 e. The van der Waals surface area contributed by atoms with Crippen LogP contribution < -0.4 is 9.47 Å². The van der Waals surface area contributed by atoms with E-state index in [9.17, 15) is 4.79 Å². The van der Waals surface area contributed by atoms with E-state index in [1.54, 1.807) is 31.4 Å². The van der Waals surface area contributed by atoms with Gasteiger partial charge in [-0.05, 0) is 54.5 Å². The van der Waals surface area contributed by atoms with Crippen molar-refractivity contribution in [2.45, 2.75) is 6.92 Å². The fraction of sp³-hybridized carbons (Fsp3) is 0.118. The summed E-state index contributed by atoms with van der Waals surface area (Å²) in [6.07, 6.45) is 3.07. The molecule has 0 spiro atoms. The third-order valence-electron chi connectivity index (χ3n) is 2.88. The number of esters is 1. The quantitative estimate of drug-likeness (QED) is 0.480. The Bertz CT molecular complexity index is 660. The van der Waals surface area contributed by atoms with Crippen LogP contribution in [0, 0.1) is 6.92 Å². The molecule has 108 valence electrons. The first-order valence-electron chi connectivity index (χ1n) is 6.38. The van der Waals surface area contributed by atoms with Crippen molar-refractivity contribution in [3.63, 3.8) is 0 Å². The van der Waals surface area contributed by atoms with Crippen LogP contribution in [-0.4, -0.2) is 13.1 Å². The van der Waals surface area contributed by atoms with Gasteiger partial charge in [0.25, 0.3) is 0 Å². The van der Waals surface area contributed by atoms with Crippen molar-refractivity contribution >= 4 is 23.6 Å². The number of hydrogen-bond donors (Lipinski definition) is 0. The Morgan fingerprint density at radius 3 is 2.38 bits per heavy atom. The van der Waals surface area contributed by atoms with Gasteiger partial charge in [-0.25, -0.2) is 4.79 Å². The molecule has 0 heterocycles. The van der Waals surface area contributed by atoms with Crippen molar-refractivity contribution in [3.05, 3.63) is 64.7 Å². The fourth-order valence-corrected chi connectivity index (χ4v) is 1.83. The van der Waals surface area contributed by atoms with Crippen LogP contribution in [0.5, 0.6) is 11.5 Å². The fourth-order valence-electron chi connectivity index (χ4n) is 1.71. The summed E-state index contributed by atoms with van der Waals surface area (Å²) in [7, 11) is 1.61. The molecule has 0 bridgehead atoms. The lowest BCUT2D eigenvalue weighted by Gasteiger charge is -2.03. The molecule has 0 aliphatic heterocycles. The van der Waals surface area contributed by atoms with Crippen LogP contribution >= 0.6 is 11.6 Å². The lowest BCUT2D eigenvalue weighted by atomic mass is 10.2. The number of rotatable bonds is 4. The van der Waals surface area contributed by atoms with Crippen LogP contribution in [-0.2, 0) is 4.79 Å². The topological polar surface area (TPSA) is 35.5 Å². The standard InChI is InChI=1S/C17H15ClO3/c1-12-11-15(8-9-16(12)18)21-17(19)10-5-13-3-6-14(20-2)7-4-13/h3-11H,1-2H3/b10-5+. The molecule has 0 unspecified atom stereocenters. The molecule has 0 aliphatic rings. The van der Waals surface area contributed by atoms with Crippen LogP contribution in [0.15, 0.2) is 48.5 Å². The number of halogens is 1. The summed E-state index contributed by atoms with van der Waals surface area (Å²) >= 11 is 5.92. The summed E-state index contributed by atoms with van der Waals surface area (Å²) in [4.78, 5) is 11.7. The van der Waals surface area contributed by atoms with Crippen molar-refractivity contribution in [2.75, 3.05) is 7.11 Å². The normalized spacial score (nSPS) is 10.6. The number of ether oxygens (including phenoxy) is 2. The van der Waals surface area contributed by atoms with Crippen LogP contribution in [0.25, 0.3) is 6.08 Å². The zero-order valence-electron chi connectivity index (χ0n) is 11.8. The third-order valence-corrected chi connectivity index (χ3v) is 3.30. The summed E-state index contributed by atoms with van der Waals surface area (Å²) in [6, 6.07) is 12.5. The molecule has 0 fully saturated rings. The molecule has 0 N–H and O–H groups in total. The number of hydrogen-bond acceptors (Lipinski definition) is 3. The van der Waals surface area contributed by atoms with E-state index in [1.807, 2.05) is 31.2 Å². The van der Waals surface area contributed by atoms with Gasteiger partial charge in [-0.3, -0.25) is 0 Å².